The topological polar surface area (TPSA) is 55.0 Å². The molecule has 0 aliphatic heterocycles. The third-order valence-corrected chi connectivity index (χ3v) is 2.89. The van der Waals surface area contributed by atoms with E-state index in [9.17, 15) is 0 Å². The Hall–Kier alpha value is -2.88. The summed E-state index contributed by atoms with van der Waals surface area (Å²) in [5.41, 5.74) is 8.22. The number of hydrogen-bond acceptors (Lipinski definition) is 4. The van der Waals surface area contributed by atoms with Crippen molar-refractivity contribution in [3.63, 3.8) is 0 Å². The smallest absolute Gasteiger partial charge is 0.234 e. The van der Waals surface area contributed by atoms with Crippen molar-refractivity contribution in [2.24, 2.45) is 0 Å². The lowest BCUT2D eigenvalue weighted by Gasteiger charge is -2.22. The summed E-state index contributed by atoms with van der Waals surface area (Å²) >= 11 is 0. The standard InChI is InChI=1S/C16H14N4/c17-13-11-18-16(19-12-13)20(14-7-3-1-4-8-14)15-9-5-2-6-10-15/h1-12H,17H2. The van der Waals surface area contributed by atoms with E-state index in [0.29, 0.717) is 11.6 Å². The van der Waals surface area contributed by atoms with Gasteiger partial charge in [0.15, 0.2) is 0 Å². The van der Waals surface area contributed by atoms with Crippen LogP contribution in [0.2, 0.25) is 0 Å². The fourth-order valence-electron chi connectivity index (χ4n) is 1.98. The van der Waals surface area contributed by atoms with Crippen LogP contribution in [0, 0.1) is 0 Å². The number of rotatable bonds is 3. The first-order chi connectivity index (χ1) is 9.84. The van der Waals surface area contributed by atoms with Gasteiger partial charge in [-0.1, -0.05) is 36.4 Å². The molecule has 1 aromatic heterocycles. The molecule has 0 fully saturated rings. The molecule has 0 aliphatic rings. The van der Waals surface area contributed by atoms with Crippen LogP contribution < -0.4 is 10.6 Å². The molecule has 0 spiro atoms. The molecule has 0 atom stereocenters. The second-order valence-corrected chi connectivity index (χ2v) is 4.32. The number of para-hydroxylation sites is 2. The van der Waals surface area contributed by atoms with Crippen LogP contribution in [0.5, 0.6) is 0 Å². The summed E-state index contributed by atoms with van der Waals surface area (Å²) < 4.78 is 0. The van der Waals surface area contributed by atoms with Gasteiger partial charge in [-0.15, -0.1) is 0 Å². The van der Waals surface area contributed by atoms with E-state index < -0.39 is 0 Å². The van der Waals surface area contributed by atoms with Crippen LogP contribution in [0.3, 0.4) is 0 Å². The number of benzene rings is 2. The van der Waals surface area contributed by atoms with Gasteiger partial charge >= 0.3 is 0 Å². The van der Waals surface area contributed by atoms with Crippen LogP contribution in [-0.2, 0) is 0 Å². The van der Waals surface area contributed by atoms with Crippen molar-refractivity contribution in [2.75, 3.05) is 10.6 Å². The lowest BCUT2D eigenvalue weighted by Crippen LogP contribution is -2.13. The average molecular weight is 262 g/mol. The molecular weight excluding hydrogens is 248 g/mol. The van der Waals surface area contributed by atoms with E-state index in [1.165, 1.54) is 0 Å². The predicted octanol–water partition coefficient (Wildman–Crippen LogP) is 3.53. The molecule has 2 aromatic carbocycles. The average Bonchev–Trinajstić information content (AvgIpc) is 2.52. The quantitative estimate of drug-likeness (QED) is 0.784. The summed E-state index contributed by atoms with van der Waals surface area (Å²) in [5, 5.41) is 0. The molecule has 0 bridgehead atoms. The summed E-state index contributed by atoms with van der Waals surface area (Å²) in [5.74, 6) is 0.594. The van der Waals surface area contributed by atoms with Crippen LogP contribution >= 0.6 is 0 Å². The first kappa shape index (κ1) is 12.2. The van der Waals surface area contributed by atoms with Gasteiger partial charge in [-0.25, -0.2) is 9.97 Å². The maximum atomic E-state index is 5.66. The molecular formula is C16H14N4. The molecule has 0 amide bonds. The second kappa shape index (κ2) is 5.40. The van der Waals surface area contributed by atoms with Gasteiger partial charge in [0.25, 0.3) is 0 Å². The highest BCUT2D eigenvalue weighted by Gasteiger charge is 2.13. The van der Waals surface area contributed by atoms with Crippen molar-refractivity contribution < 1.29 is 0 Å². The lowest BCUT2D eigenvalue weighted by atomic mass is 10.2. The Kier molecular flexibility index (Phi) is 3.29. The molecule has 1 heterocycles. The second-order valence-electron chi connectivity index (χ2n) is 4.32. The van der Waals surface area contributed by atoms with Crippen LogP contribution in [0.4, 0.5) is 23.0 Å². The van der Waals surface area contributed by atoms with Crippen LogP contribution in [0.25, 0.3) is 0 Å². The third kappa shape index (κ3) is 2.44. The predicted molar refractivity (Wildman–Crippen MR) is 81.1 cm³/mol. The summed E-state index contributed by atoms with van der Waals surface area (Å²) in [6.07, 6.45) is 3.22. The van der Waals surface area contributed by atoms with Crippen LogP contribution in [-0.4, -0.2) is 9.97 Å². The molecule has 0 radical (unpaired) electrons. The van der Waals surface area contributed by atoms with Gasteiger partial charge in [-0.3, -0.25) is 4.90 Å². The number of nitrogens with zero attached hydrogens (tertiary/aromatic N) is 3. The van der Waals surface area contributed by atoms with Crippen molar-refractivity contribution in [1.29, 1.82) is 0 Å². The van der Waals surface area contributed by atoms with Crippen molar-refractivity contribution in [3.05, 3.63) is 73.1 Å². The molecule has 0 saturated carbocycles. The van der Waals surface area contributed by atoms with Crippen LogP contribution in [0.1, 0.15) is 0 Å². The molecule has 98 valence electrons. The van der Waals surface area contributed by atoms with Crippen molar-refractivity contribution in [3.8, 4) is 0 Å². The van der Waals surface area contributed by atoms with E-state index in [-0.39, 0.29) is 0 Å². The van der Waals surface area contributed by atoms with Gasteiger partial charge in [0.05, 0.1) is 18.1 Å². The molecule has 4 nitrogen and oxygen atoms in total. The zero-order valence-electron chi connectivity index (χ0n) is 10.8. The maximum Gasteiger partial charge on any atom is 0.234 e. The molecule has 0 unspecified atom stereocenters. The third-order valence-electron chi connectivity index (χ3n) is 2.89. The van der Waals surface area contributed by atoms with E-state index in [4.69, 9.17) is 5.73 Å². The number of anilines is 4. The zero-order chi connectivity index (χ0) is 13.8. The first-order valence-electron chi connectivity index (χ1n) is 6.32. The summed E-state index contributed by atoms with van der Waals surface area (Å²) in [4.78, 5) is 10.6. The SMILES string of the molecule is Nc1cnc(N(c2ccccc2)c2ccccc2)nc1. The molecule has 0 saturated heterocycles. The Bertz CT molecular complexity index is 626. The van der Waals surface area contributed by atoms with E-state index >= 15 is 0 Å². The highest BCUT2D eigenvalue weighted by atomic mass is 15.3. The van der Waals surface area contributed by atoms with E-state index in [1.807, 2.05) is 65.6 Å². The minimum Gasteiger partial charge on any atom is -0.396 e. The largest absolute Gasteiger partial charge is 0.396 e. The van der Waals surface area contributed by atoms with E-state index in [0.717, 1.165) is 11.4 Å². The van der Waals surface area contributed by atoms with Crippen molar-refractivity contribution in [2.45, 2.75) is 0 Å². The van der Waals surface area contributed by atoms with Gasteiger partial charge in [0.2, 0.25) is 5.95 Å². The molecule has 2 N–H and O–H groups in total. The Labute approximate surface area is 117 Å². The monoisotopic (exact) mass is 262 g/mol. The number of aromatic nitrogens is 2. The Morgan fingerprint density at radius 3 is 1.60 bits per heavy atom. The molecule has 20 heavy (non-hydrogen) atoms. The zero-order valence-corrected chi connectivity index (χ0v) is 10.8. The molecule has 0 aliphatic carbocycles. The summed E-state index contributed by atoms with van der Waals surface area (Å²) in [6.45, 7) is 0. The number of nitrogens with two attached hydrogens (primary N) is 1. The minimum absolute atomic E-state index is 0.551. The highest BCUT2D eigenvalue weighted by molar-refractivity contribution is 5.72. The minimum atomic E-state index is 0.551. The van der Waals surface area contributed by atoms with Gasteiger partial charge < -0.3 is 5.73 Å². The van der Waals surface area contributed by atoms with Gasteiger partial charge in [-0.2, -0.15) is 0 Å². The van der Waals surface area contributed by atoms with Gasteiger partial charge in [-0.05, 0) is 24.3 Å². The van der Waals surface area contributed by atoms with Crippen molar-refractivity contribution >= 4 is 23.0 Å². The van der Waals surface area contributed by atoms with E-state index in [2.05, 4.69) is 9.97 Å². The fraction of sp³-hybridized carbons (Fsp3) is 0. The number of nitrogen functional groups attached to an aromatic ring is 1. The molecule has 3 rings (SSSR count). The Morgan fingerprint density at radius 1 is 0.700 bits per heavy atom. The highest BCUT2D eigenvalue weighted by Crippen LogP contribution is 2.31. The van der Waals surface area contributed by atoms with Crippen molar-refractivity contribution in [1.82, 2.24) is 9.97 Å². The van der Waals surface area contributed by atoms with E-state index in [1.54, 1.807) is 12.4 Å². The molecule has 3 aromatic rings. The number of hydrogen-bond donors (Lipinski definition) is 1. The Balaban J connectivity index is 2.11. The first-order valence-corrected chi connectivity index (χ1v) is 6.32. The maximum absolute atomic E-state index is 5.66. The normalized spacial score (nSPS) is 10.2. The van der Waals surface area contributed by atoms with Gasteiger partial charge in [0, 0.05) is 11.4 Å². The lowest BCUT2D eigenvalue weighted by molar-refractivity contribution is 1.08. The summed E-state index contributed by atoms with van der Waals surface area (Å²) in [7, 11) is 0. The summed E-state index contributed by atoms with van der Waals surface area (Å²) in [6, 6.07) is 20.0. The Morgan fingerprint density at radius 2 is 1.15 bits per heavy atom. The molecule has 4 heteroatoms. The van der Waals surface area contributed by atoms with Gasteiger partial charge in [0.1, 0.15) is 0 Å². The van der Waals surface area contributed by atoms with Crippen LogP contribution in [0.15, 0.2) is 73.1 Å². The fourth-order valence-corrected chi connectivity index (χ4v) is 1.98.